The van der Waals surface area contributed by atoms with E-state index in [9.17, 15) is 4.79 Å². The standard InChI is InChI=1S/C17H21ClN2O2/c1-4-10-20-15(17(21)22-11-5-2)12(3)19-16(20)13-6-8-14(18)9-7-13/h6-9H,4-5,10-11H2,1-3H3. The van der Waals surface area contributed by atoms with E-state index in [-0.39, 0.29) is 5.97 Å². The molecule has 0 saturated carbocycles. The Morgan fingerprint density at radius 2 is 1.91 bits per heavy atom. The Balaban J connectivity index is 2.46. The van der Waals surface area contributed by atoms with Crippen LogP contribution in [0.5, 0.6) is 0 Å². The Bertz CT molecular complexity index is 647. The number of benzene rings is 1. The van der Waals surface area contributed by atoms with Crippen molar-refractivity contribution in [2.75, 3.05) is 6.61 Å². The number of imidazole rings is 1. The Hall–Kier alpha value is -1.81. The van der Waals surface area contributed by atoms with E-state index in [0.717, 1.165) is 30.8 Å². The van der Waals surface area contributed by atoms with Crippen LogP contribution < -0.4 is 0 Å². The molecule has 22 heavy (non-hydrogen) atoms. The summed E-state index contributed by atoms with van der Waals surface area (Å²) in [5, 5.41) is 0.677. The van der Waals surface area contributed by atoms with Crippen molar-refractivity contribution in [2.45, 2.75) is 40.2 Å². The van der Waals surface area contributed by atoms with Crippen LogP contribution in [0.25, 0.3) is 11.4 Å². The molecule has 0 spiro atoms. The maximum Gasteiger partial charge on any atom is 0.356 e. The van der Waals surface area contributed by atoms with Crippen LogP contribution in [0.4, 0.5) is 0 Å². The second-order valence-corrected chi connectivity index (χ2v) is 5.60. The topological polar surface area (TPSA) is 44.1 Å². The van der Waals surface area contributed by atoms with Crippen LogP contribution in [0.2, 0.25) is 5.02 Å². The fourth-order valence-corrected chi connectivity index (χ4v) is 2.48. The van der Waals surface area contributed by atoms with Gasteiger partial charge in [-0.15, -0.1) is 0 Å². The van der Waals surface area contributed by atoms with Crippen molar-refractivity contribution in [3.8, 4) is 11.4 Å². The minimum absolute atomic E-state index is 0.305. The van der Waals surface area contributed by atoms with Gasteiger partial charge in [0.15, 0.2) is 5.69 Å². The SMILES string of the molecule is CCCOC(=O)c1c(C)nc(-c2ccc(Cl)cc2)n1CCC. The maximum atomic E-state index is 12.3. The van der Waals surface area contributed by atoms with Gasteiger partial charge in [-0.2, -0.15) is 0 Å². The first-order valence-corrected chi connectivity index (χ1v) is 7.96. The average molecular weight is 321 g/mol. The first kappa shape index (κ1) is 16.6. The van der Waals surface area contributed by atoms with Crippen molar-refractivity contribution in [1.82, 2.24) is 9.55 Å². The molecule has 0 unspecified atom stereocenters. The summed E-state index contributed by atoms with van der Waals surface area (Å²) in [6.45, 7) is 7.03. The summed E-state index contributed by atoms with van der Waals surface area (Å²) in [6, 6.07) is 7.48. The molecule has 1 aromatic carbocycles. The highest BCUT2D eigenvalue weighted by atomic mass is 35.5. The molecule has 0 aliphatic rings. The number of ether oxygens (including phenoxy) is 1. The summed E-state index contributed by atoms with van der Waals surface area (Å²) in [4.78, 5) is 16.9. The van der Waals surface area contributed by atoms with Gasteiger partial charge in [-0.3, -0.25) is 0 Å². The molecule has 0 radical (unpaired) electrons. The molecule has 0 fully saturated rings. The zero-order valence-electron chi connectivity index (χ0n) is 13.2. The van der Waals surface area contributed by atoms with Crippen LogP contribution >= 0.6 is 11.6 Å². The summed E-state index contributed by atoms with van der Waals surface area (Å²) >= 11 is 5.94. The predicted molar refractivity (Wildman–Crippen MR) is 88.3 cm³/mol. The van der Waals surface area contributed by atoms with Crippen molar-refractivity contribution >= 4 is 17.6 Å². The van der Waals surface area contributed by atoms with E-state index in [0.29, 0.717) is 23.0 Å². The summed E-state index contributed by atoms with van der Waals surface area (Å²) in [5.74, 6) is 0.472. The van der Waals surface area contributed by atoms with Crippen LogP contribution in [-0.2, 0) is 11.3 Å². The van der Waals surface area contributed by atoms with Crippen molar-refractivity contribution in [2.24, 2.45) is 0 Å². The molecule has 0 aliphatic heterocycles. The van der Waals surface area contributed by atoms with Gasteiger partial charge in [0.05, 0.1) is 12.3 Å². The first-order chi connectivity index (χ1) is 10.6. The number of nitrogens with zero attached hydrogens (tertiary/aromatic N) is 2. The molecule has 1 aromatic heterocycles. The third-order valence-corrected chi connectivity index (χ3v) is 3.57. The molecule has 1 heterocycles. The molecule has 118 valence electrons. The average Bonchev–Trinajstić information content (AvgIpc) is 2.83. The highest BCUT2D eigenvalue weighted by Gasteiger charge is 2.22. The minimum Gasteiger partial charge on any atom is -0.461 e. The molecule has 0 amide bonds. The highest BCUT2D eigenvalue weighted by Crippen LogP contribution is 2.25. The third kappa shape index (κ3) is 3.50. The number of aryl methyl sites for hydroxylation is 1. The van der Waals surface area contributed by atoms with Crippen molar-refractivity contribution in [1.29, 1.82) is 0 Å². The molecule has 0 bridgehead atoms. The van der Waals surface area contributed by atoms with Crippen LogP contribution in [-0.4, -0.2) is 22.1 Å². The second-order valence-electron chi connectivity index (χ2n) is 5.16. The lowest BCUT2D eigenvalue weighted by Crippen LogP contribution is -2.14. The number of hydrogen-bond donors (Lipinski definition) is 0. The normalized spacial score (nSPS) is 10.7. The van der Waals surface area contributed by atoms with Crippen molar-refractivity contribution in [3.63, 3.8) is 0 Å². The van der Waals surface area contributed by atoms with Crippen LogP contribution in [0.3, 0.4) is 0 Å². The summed E-state index contributed by atoms with van der Waals surface area (Å²) in [6.07, 6.45) is 1.71. The smallest absolute Gasteiger partial charge is 0.356 e. The Morgan fingerprint density at radius 3 is 2.50 bits per heavy atom. The Kier molecular flexibility index (Phi) is 5.61. The molecule has 4 nitrogen and oxygen atoms in total. The van der Waals surface area contributed by atoms with Gasteiger partial charge >= 0.3 is 5.97 Å². The van der Waals surface area contributed by atoms with Gasteiger partial charge in [0.1, 0.15) is 5.82 Å². The third-order valence-electron chi connectivity index (χ3n) is 3.32. The maximum absolute atomic E-state index is 12.3. The van der Waals surface area contributed by atoms with Crippen LogP contribution in [0, 0.1) is 6.92 Å². The molecular weight excluding hydrogens is 300 g/mol. The number of carbonyl (C=O) groups is 1. The van der Waals surface area contributed by atoms with Crippen LogP contribution in [0.15, 0.2) is 24.3 Å². The van der Waals surface area contributed by atoms with Gasteiger partial charge in [-0.25, -0.2) is 9.78 Å². The second kappa shape index (κ2) is 7.45. The quantitative estimate of drug-likeness (QED) is 0.737. The van der Waals surface area contributed by atoms with E-state index in [4.69, 9.17) is 16.3 Å². The predicted octanol–water partition coefficient (Wildman–Crippen LogP) is 4.49. The fraction of sp³-hybridized carbons (Fsp3) is 0.412. The fourth-order valence-electron chi connectivity index (χ4n) is 2.36. The van der Waals surface area contributed by atoms with Gasteiger partial charge in [-0.1, -0.05) is 25.4 Å². The minimum atomic E-state index is -0.305. The largest absolute Gasteiger partial charge is 0.461 e. The van der Waals surface area contributed by atoms with Gasteiger partial charge < -0.3 is 9.30 Å². The van der Waals surface area contributed by atoms with Crippen LogP contribution in [0.1, 0.15) is 42.9 Å². The summed E-state index contributed by atoms with van der Waals surface area (Å²) in [5.41, 5.74) is 2.18. The monoisotopic (exact) mass is 320 g/mol. The number of esters is 1. The van der Waals surface area contributed by atoms with Gasteiger partial charge in [0, 0.05) is 17.1 Å². The molecular formula is C17H21ClN2O2. The lowest BCUT2D eigenvalue weighted by atomic mass is 10.2. The zero-order chi connectivity index (χ0) is 16.1. The molecule has 0 N–H and O–H groups in total. The zero-order valence-corrected chi connectivity index (χ0v) is 14.0. The van der Waals surface area contributed by atoms with E-state index in [2.05, 4.69) is 11.9 Å². The summed E-state index contributed by atoms with van der Waals surface area (Å²) in [7, 11) is 0. The van der Waals surface area contributed by atoms with Gasteiger partial charge in [0.25, 0.3) is 0 Å². The molecule has 2 aromatic rings. The molecule has 2 rings (SSSR count). The van der Waals surface area contributed by atoms with Crippen molar-refractivity contribution < 1.29 is 9.53 Å². The highest BCUT2D eigenvalue weighted by molar-refractivity contribution is 6.30. The molecule has 0 saturated heterocycles. The lowest BCUT2D eigenvalue weighted by molar-refractivity contribution is 0.0491. The Morgan fingerprint density at radius 1 is 1.23 bits per heavy atom. The van der Waals surface area contributed by atoms with Gasteiger partial charge in [0.2, 0.25) is 0 Å². The van der Waals surface area contributed by atoms with E-state index < -0.39 is 0 Å². The number of hydrogen-bond acceptors (Lipinski definition) is 3. The number of halogens is 1. The molecule has 0 atom stereocenters. The Labute approximate surface area is 136 Å². The first-order valence-electron chi connectivity index (χ1n) is 7.58. The molecule has 0 aliphatic carbocycles. The summed E-state index contributed by atoms with van der Waals surface area (Å²) < 4.78 is 7.23. The van der Waals surface area contributed by atoms with E-state index in [1.165, 1.54) is 0 Å². The van der Waals surface area contributed by atoms with Crippen molar-refractivity contribution in [3.05, 3.63) is 40.7 Å². The van der Waals surface area contributed by atoms with E-state index >= 15 is 0 Å². The van der Waals surface area contributed by atoms with E-state index in [1.54, 1.807) is 0 Å². The lowest BCUT2D eigenvalue weighted by Gasteiger charge is -2.11. The van der Waals surface area contributed by atoms with Gasteiger partial charge in [-0.05, 0) is 44.0 Å². The number of carbonyl (C=O) groups excluding carboxylic acids is 1. The van der Waals surface area contributed by atoms with E-state index in [1.807, 2.05) is 42.7 Å². The number of aromatic nitrogens is 2. The number of rotatable bonds is 6. The molecule has 5 heteroatoms.